The Bertz CT molecular complexity index is 1050. The van der Waals surface area contributed by atoms with Gasteiger partial charge in [0.05, 0.1) is 22.7 Å². The number of benzene rings is 1. The Labute approximate surface area is 174 Å². The van der Waals surface area contributed by atoms with E-state index in [0.717, 1.165) is 4.70 Å². The number of halogens is 3. The standard InChI is InChI=1S/C18H12Cl3N3O2S/c19-10-8-11(20)14-13(9-10)27-16(15(14)21)18(25)24-17-12(4-3-6-23-17)26-7-2-1-5-22/h3-4,6,8-9H,1-2,7H2,(H,23,24,25). The number of amides is 1. The zero-order chi connectivity index (χ0) is 19.4. The molecule has 5 nitrogen and oxygen atoms in total. The Balaban J connectivity index is 1.84. The van der Waals surface area contributed by atoms with Gasteiger partial charge in [-0.2, -0.15) is 5.26 Å². The van der Waals surface area contributed by atoms with Crippen LogP contribution in [0.1, 0.15) is 22.5 Å². The van der Waals surface area contributed by atoms with Crippen LogP contribution < -0.4 is 10.1 Å². The number of aromatic nitrogens is 1. The normalized spacial score (nSPS) is 10.6. The summed E-state index contributed by atoms with van der Waals surface area (Å²) in [7, 11) is 0. The Hall–Kier alpha value is -2.04. The number of pyridine rings is 1. The fourth-order valence-corrected chi connectivity index (χ4v) is 4.63. The first-order chi connectivity index (χ1) is 13.0. The molecule has 0 aliphatic rings. The minimum Gasteiger partial charge on any atom is -0.490 e. The molecule has 2 aromatic heterocycles. The SMILES string of the molecule is N#CCCCOc1cccnc1NC(=O)c1sc2cc(Cl)cc(Cl)c2c1Cl. The number of carbonyl (C=O) groups is 1. The molecule has 0 radical (unpaired) electrons. The van der Waals surface area contributed by atoms with E-state index in [-0.39, 0.29) is 10.8 Å². The molecule has 0 saturated heterocycles. The molecule has 0 bridgehead atoms. The van der Waals surface area contributed by atoms with Crippen molar-refractivity contribution in [1.29, 1.82) is 5.26 Å². The van der Waals surface area contributed by atoms with Crippen molar-refractivity contribution in [3.8, 4) is 11.8 Å². The summed E-state index contributed by atoms with van der Waals surface area (Å²) in [5.74, 6) is 0.271. The van der Waals surface area contributed by atoms with Gasteiger partial charge in [-0.15, -0.1) is 11.3 Å². The van der Waals surface area contributed by atoms with Gasteiger partial charge in [-0.25, -0.2) is 4.98 Å². The van der Waals surface area contributed by atoms with Gasteiger partial charge in [0.15, 0.2) is 11.6 Å². The predicted octanol–water partition coefficient (Wildman–Crippen LogP) is 6.19. The fourth-order valence-electron chi connectivity index (χ4n) is 2.36. The number of fused-ring (bicyclic) bond motifs is 1. The van der Waals surface area contributed by atoms with Crippen LogP contribution in [-0.2, 0) is 0 Å². The molecule has 3 rings (SSSR count). The Morgan fingerprint density at radius 3 is 2.93 bits per heavy atom. The Morgan fingerprint density at radius 2 is 2.15 bits per heavy atom. The van der Waals surface area contributed by atoms with E-state index in [9.17, 15) is 4.79 Å². The van der Waals surface area contributed by atoms with Gasteiger partial charge >= 0.3 is 0 Å². The van der Waals surface area contributed by atoms with Gasteiger partial charge in [-0.1, -0.05) is 34.8 Å². The quantitative estimate of drug-likeness (QED) is 0.464. The van der Waals surface area contributed by atoms with Crippen LogP contribution in [0.4, 0.5) is 5.82 Å². The van der Waals surface area contributed by atoms with Crippen LogP contribution in [0.3, 0.4) is 0 Å². The molecule has 0 aliphatic carbocycles. The molecule has 0 unspecified atom stereocenters. The molecule has 1 aromatic carbocycles. The first-order valence-corrected chi connectivity index (χ1v) is 9.79. The molecule has 9 heteroatoms. The lowest BCUT2D eigenvalue weighted by Crippen LogP contribution is -2.13. The third kappa shape index (κ3) is 4.45. The average molecular weight is 441 g/mol. The summed E-state index contributed by atoms with van der Waals surface area (Å²) >= 11 is 19.8. The van der Waals surface area contributed by atoms with Crippen molar-refractivity contribution < 1.29 is 9.53 Å². The topological polar surface area (TPSA) is 75.0 Å². The van der Waals surface area contributed by atoms with Crippen molar-refractivity contribution in [3.63, 3.8) is 0 Å². The largest absolute Gasteiger partial charge is 0.490 e. The summed E-state index contributed by atoms with van der Waals surface area (Å²) in [5.41, 5.74) is 0. The number of hydrogen-bond acceptors (Lipinski definition) is 5. The van der Waals surface area contributed by atoms with E-state index in [1.807, 2.05) is 0 Å². The molecule has 3 aromatic rings. The van der Waals surface area contributed by atoms with Gasteiger partial charge in [-0.3, -0.25) is 4.79 Å². The number of nitrogens with zero attached hydrogens (tertiary/aromatic N) is 2. The van der Waals surface area contributed by atoms with E-state index < -0.39 is 5.91 Å². The minimum atomic E-state index is -0.422. The molecule has 0 spiro atoms. The highest BCUT2D eigenvalue weighted by Gasteiger charge is 2.21. The van der Waals surface area contributed by atoms with Gasteiger partial charge in [0.1, 0.15) is 4.88 Å². The summed E-state index contributed by atoms with van der Waals surface area (Å²) in [6, 6.07) is 8.73. The van der Waals surface area contributed by atoms with Crippen molar-refractivity contribution in [1.82, 2.24) is 4.98 Å². The number of thiophene rings is 1. The second-order valence-electron chi connectivity index (χ2n) is 5.42. The van der Waals surface area contributed by atoms with Crippen molar-refractivity contribution in [2.75, 3.05) is 11.9 Å². The number of anilines is 1. The van der Waals surface area contributed by atoms with Crippen LogP contribution in [0.2, 0.25) is 15.1 Å². The molecular weight excluding hydrogens is 429 g/mol. The molecule has 0 atom stereocenters. The monoisotopic (exact) mass is 439 g/mol. The predicted molar refractivity (Wildman–Crippen MR) is 109 cm³/mol. The van der Waals surface area contributed by atoms with Crippen LogP contribution in [-0.4, -0.2) is 17.5 Å². The van der Waals surface area contributed by atoms with Gasteiger partial charge < -0.3 is 10.1 Å². The lowest BCUT2D eigenvalue weighted by atomic mass is 10.2. The summed E-state index contributed by atoms with van der Waals surface area (Å²) in [5, 5.41) is 13.0. The van der Waals surface area contributed by atoms with E-state index in [4.69, 9.17) is 44.8 Å². The number of ether oxygens (including phenoxy) is 1. The Kier molecular flexibility index (Phi) is 6.40. The lowest BCUT2D eigenvalue weighted by Gasteiger charge is -2.10. The highest BCUT2D eigenvalue weighted by molar-refractivity contribution is 7.21. The molecule has 0 fully saturated rings. The zero-order valence-corrected chi connectivity index (χ0v) is 16.8. The number of rotatable bonds is 6. The number of nitriles is 1. The highest BCUT2D eigenvalue weighted by Crippen LogP contribution is 2.41. The Morgan fingerprint density at radius 1 is 1.33 bits per heavy atom. The average Bonchev–Trinajstić information content (AvgIpc) is 2.96. The summed E-state index contributed by atoms with van der Waals surface area (Å²) < 4.78 is 6.32. The van der Waals surface area contributed by atoms with Crippen LogP contribution in [0.25, 0.3) is 10.1 Å². The minimum absolute atomic E-state index is 0.265. The third-order valence-corrected chi connectivity index (χ3v) is 5.69. The lowest BCUT2D eigenvalue weighted by molar-refractivity contribution is 0.102. The number of hydrogen-bond donors (Lipinski definition) is 1. The molecule has 1 N–H and O–H groups in total. The van der Waals surface area contributed by atoms with E-state index in [0.29, 0.717) is 45.5 Å². The molecule has 138 valence electrons. The van der Waals surface area contributed by atoms with Crippen LogP contribution in [0.15, 0.2) is 30.5 Å². The second-order valence-corrected chi connectivity index (χ2v) is 7.69. The van der Waals surface area contributed by atoms with Gasteiger partial charge in [0.2, 0.25) is 0 Å². The van der Waals surface area contributed by atoms with E-state index >= 15 is 0 Å². The van der Waals surface area contributed by atoms with Gasteiger partial charge in [0.25, 0.3) is 5.91 Å². The smallest absolute Gasteiger partial charge is 0.268 e. The number of unbranched alkanes of at least 4 members (excludes halogenated alkanes) is 1. The van der Waals surface area contributed by atoms with Gasteiger partial charge in [-0.05, 0) is 30.7 Å². The summed E-state index contributed by atoms with van der Waals surface area (Å²) in [6.45, 7) is 0.347. The maximum Gasteiger partial charge on any atom is 0.268 e. The van der Waals surface area contributed by atoms with Crippen molar-refractivity contribution in [2.24, 2.45) is 0 Å². The molecule has 2 heterocycles. The summed E-state index contributed by atoms with van der Waals surface area (Å²) in [6.07, 6.45) is 2.52. The maximum atomic E-state index is 12.7. The first-order valence-electron chi connectivity index (χ1n) is 7.84. The highest BCUT2D eigenvalue weighted by atomic mass is 35.5. The molecule has 0 aliphatic heterocycles. The molecule has 0 saturated carbocycles. The van der Waals surface area contributed by atoms with E-state index in [1.165, 1.54) is 11.3 Å². The summed E-state index contributed by atoms with van der Waals surface area (Å²) in [4.78, 5) is 17.2. The number of nitrogens with one attached hydrogen (secondary N) is 1. The third-order valence-electron chi connectivity index (χ3n) is 3.55. The van der Waals surface area contributed by atoms with E-state index in [1.54, 1.807) is 30.5 Å². The van der Waals surface area contributed by atoms with Crippen LogP contribution >= 0.6 is 46.1 Å². The number of carbonyl (C=O) groups excluding carboxylic acids is 1. The van der Waals surface area contributed by atoms with Crippen LogP contribution in [0.5, 0.6) is 5.75 Å². The van der Waals surface area contributed by atoms with Crippen molar-refractivity contribution in [2.45, 2.75) is 12.8 Å². The zero-order valence-electron chi connectivity index (χ0n) is 13.8. The molecular formula is C18H12Cl3N3O2S. The fraction of sp³-hybridized carbons (Fsp3) is 0.167. The second kappa shape index (κ2) is 8.77. The molecule has 27 heavy (non-hydrogen) atoms. The van der Waals surface area contributed by atoms with Crippen molar-refractivity contribution >= 4 is 68.0 Å². The van der Waals surface area contributed by atoms with Crippen LogP contribution in [0, 0.1) is 11.3 Å². The first kappa shape index (κ1) is 19.7. The van der Waals surface area contributed by atoms with E-state index in [2.05, 4.69) is 16.4 Å². The maximum absolute atomic E-state index is 12.7. The van der Waals surface area contributed by atoms with Crippen molar-refractivity contribution in [3.05, 3.63) is 50.4 Å². The molecule has 1 amide bonds. The van der Waals surface area contributed by atoms with Gasteiger partial charge in [0, 0.05) is 27.7 Å².